The summed E-state index contributed by atoms with van der Waals surface area (Å²) >= 11 is 0. The molecule has 0 saturated carbocycles. The fraction of sp³-hybridized carbons (Fsp3) is 0.0833. The van der Waals surface area contributed by atoms with Crippen molar-refractivity contribution in [2.45, 2.75) is 0 Å². The van der Waals surface area contributed by atoms with E-state index in [-0.39, 0.29) is 5.70 Å². The molecule has 5 heteroatoms. The summed E-state index contributed by atoms with van der Waals surface area (Å²) in [6, 6.07) is 19.1. The molecule has 0 fully saturated rings. The van der Waals surface area contributed by atoms with Crippen LogP contribution in [0.2, 0.25) is 0 Å². The maximum Gasteiger partial charge on any atom is 0.363 e. The van der Waals surface area contributed by atoms with Crippen molar-refractivity contribution >= 4 is 28.7 Å². The molecule has 0 amide bonds. The van der Waals surface area contributed by atoms with Crippen LogP contribution in [-0.2, 0) is 9.53 Å². The van der Waals surface area contributed by atoms with Crippen molar-refractivity contribution in [1.29, 1.82) is 0 Å². The average molecular weight is 385 g/mol. The first-order valence-electron chi connectivity index (χ1n) is 9.12. The van der Waals surface area contributed by atoms with Crippen LogP contribution in [0.1, 0.15) is 11.1 Å². The number of aliphatic imine (C=N–C) groups is 1. The first kappa shape index (κ1) is 18.5. The van der Waals surface area contributed by atoms with E-state index in [1.54, 1.807) is 31.4 Å². The quantitative estimate of drug-likeness (QED) is 0.349. The fourth-order valence-corrected chi connectivity index (χ4v) is 3.14. The van der Waals surface area contributed by atoms with E-state index >= 15 is 0 Å². The van der Waals surface area contributed by atoms with Gasteiger partial charge in [0.2, 0.25) is 5.90 Å². The zero-order valence-electron chi connectivity index (χ0n) is 15.9. The van der Waals surface area contributed by atoms with Gasteiger partial charge in [-0.3, -0.25) is 0 Å². The Bertz CT molecular complexity index is 1160. The van der Waals surface area contributed by atoms with Gasteiger partial charge in [0, 0.05) is 5.56 Å². The molecule has 29 heavy (non-hydrogen) atoms. The zero-order valence-corrected chi connectivity index (χ0v) is 15.9. The number of esters is 1. The molecule has 1 aliphatic rings. The summed E-state index contributed by atoms with van der Waals surface area (Å²) in [7, 11) is 1.57. The Morgan fingerprint density at radius 1 is 1.07 bits per heavy atom. The van der Waals surface area contributed by atoms with Crippen LogP contribution < -0.4 is 9.47 Å². The molecule has 0 N–H and O–H groups in total. The third-order valence-electron chi connectivity index (χ3n) is 4.49. The van der Waals surface area contributed by atoms with E-state index in [9.17, 15) is 4.79 Å². The Morgan fingerprint density at radius 3 is 2.72 bits per heavy atom. The number of cyclic esters (lactones) is 1. The van der Waals surface area contributed by atoms with E-state index in [0.29, 0.717) is 24.0 Å². The topological polar surface area (TPSA) is 57.1 Å². The minimum Gasteiger partial charge on any atom is -0.493 e. The molecular weight excluding hydrogens is 366 g/mol. The number of hydrogen-bond acceptors (Lipinski definition) is 5. The highest BCUT2D eigenvalue weighted by molar-refractivity contribution is 6.17. The van der Waals surface area contributed by atoms with Crippen LogP contribution in [0.15, 0.2) is 84.0 Å². The molecular formula is C24H19NO4. The van der Waals surface area contributed by atoms with Gasteiger partial charge in [-0.2, -0.15) is 0 Å². The number of carbonyl (C=O) groups excluding carboxylic acids is 1. The van der Waals surface area contributed by atoms with Gasteiger partial charge in [-0.25, -0.2) is 9.79 Å². The molecule has 1 heterocycles. The Morgan fingerprint density at radius 2 is 1.90 bits per heavy atom. The standard InChI is InChI=1S/C24H19NO4/c1-3-13-28-22-15-16(11-12-21(22)27-2)14-20-24(26)29-23(25-20)19-10-6-8-17-7-4-5-9-18(17)19/h3-12,14-15H,1,13H2,2H3/b20-14-. The first-order valence-corrected chi connectivity index (χ1v) is 9.12. The highest BCUT2D eigenvalue weighted by Crippen LogP contribution is 2.30. The minimum atomic E-state index is -0.489. The van der Waals surface area contributed by atoms with Gasteiger partial charge in [0.15, 0.2) is 17.2 Å². The Balaban J connectivity index is 1.70. The number of nitrogens with zero attached hydrogens (tertiary/aromatic N) is 1. The van der Waals surface area contributed by atoms with Crippen LogP contribution in [0.5, 0.6) is 11.5 Å². The molecule has 0 bridgehead atoms. The molecule has 0 aliphatic carbocycles. The zero-order chi connectivity index (χ0) is 20.2. The summed E-state index contributed by atoms with van der Waals surface area (Å²) in [5.41, 5.74) is 1.76. The molecule has 1 aliphatic heterocycles. The molecule has 0 spiro atoms. The molecule has 0 atom stereocenters. The summed E-state index contributed by atoms with van der Waals surface area (Å²) < 4.78 is 16.4. The van der Waals surface area contributed by atoms with Crippen molar-refractivity contribution in [3.05, 3.63) is 90.1 Å². The minimum absolute atomic E-state index is 0.229. The van der Waals surface area contributed by atoms with Crippen molar-refractivity contribution in [2.75, 3.05) is 13.7 Å². The summed E-state index contributed by atoms with van der Waals surface area (Å²) in [5.74, 6) is 0.973. The molecule has 5 nitrogen and oxygen atoms in total. The van der Waals surface area contributed by atoms with Crippen LogP contribution in [0.4, 0.5) is 0 Å². The summed E-state index contributed by atoms with van der Waals surface area (Å²) in [5, 5.41) is 2.03. The van der Waals surface area contributed by atoms with Crippen molar-refractivity contribution in [3.63, 3.8) is 0 Å². The van der Waals surface area contributed by atoms with Crippen LogP contribution >= 0.6 is 0 Å². The van der Waals surface area contributed by atoms with Gasteiger partial charge in [0.1, 0.15) is 6.61 Å². The lowest BCUT2D eigenvalue weighted by molar-refractivity contribution is -0.129. The SMILES string of the molecule is C=CCOc1cc(/C=C2\N=C(c3cccc4ccccc34)OC2=O)ccc1OC. The third kappa shape index (κ3) is 3.75. The molecule has 3 aromatic rings. The highest BCUT2D eigenvalue weighted by atomic mass is 16.6. The van der Waals surface area contributed by atoms with Crippen LogP contribution in [0.3, 0.4) is 0 Å². The molecule has 0 unspecified atom stereocenters. The normalized spacial score (nSPS) is 14.6. The summed E-state index contributed by atoms with van der Waals surface area (Å²) in [6.45, 7) is 4.00. The van der Waals surface area contributed by atoms with Gasteiger partial charge >= 0.3 is 5.97 Å². The molecule has 3 aromatic carbocycles. The molecule has 4 rings (SSSR count). The van der Waals surface area contributed by atoms with Gasteiger partial charge in [-0.15, -0.1) is 0 Å². The van der Waals surface area contributed by atoms with E-state index in [4.69, 9.17) is 14.2 Å². The van der Waals surface area contributed by atoms with Crippen LogP contribution in [0.25, 0.3) is 16.8 Å². The lowest BCUT2D eigenvalue weighted by atomic mass is 10.0. The Hall–Kier alpha value is -3.86. The smallest absolute Gasteiger partial charge is 0.363 e. The second-order valence-electron chi connectivity index (χ2n) is 6.37. The predicted molar refractivity (Wildman–Crippen MR) is 113 cm³/mol. The molecule has 0 saturated heterocycles. The lowest BCUT2D eigenvalue weighted by Gasteiger charge is -2.09. The predicted octanol–water partition coefficient (Wildman–Crippen LogP) is 4.76. The van der Waals surface area contributed by atoms with Crippen molar-refractivity contribution in [1.82, 2.24) is 0 Å². The van der Waals surface area contributed by atoms with Crippen LogP contribution in [0, 0.1) is 0 Å². The molecule has 0 aromatic heterocycles. The highest BCUT2D eigenvalue weighted by Gasteiger charge is 2.25. The summed E-state index contributed by atoms with van der Waals surface area (Å²) in [6.07, 6.45) is 3.32. The van der Waals surface area contributed by atoms with Gasteiger partial charge in [0.05, 0.1) is 7.11 Å². The summed E-state index contributed by atoms with van der Waals surface area (Å²) in [4.78, 5) is 16.8. The van der Waals surface area contributed by atoms with Gasteiger partial charge in [-0.05, 0) is 40.6 Å². The Kier molecular flexibility index (Phi) is 5.12. The maximum absolute atomic E-state index is 12.4. The fourth-order valence-electron chi connectivity index (χ4n) is 3.14. The lowest BCUT2D eigenvalue weighted by Crippen LogP contribution is -2.05. The van der Waals surface area contributed by atoms with Gasteiger partial charge < -0.3 is 14.2 Å². The van der Waals surface area contributed by atoms with Crippen molar-refractivity contribution in [3.8, 4) is 11.5 Å². The maximum atomic E-state index is 12.4. The monoisotopic (exact) mass is 385 g/mol. The van der Waals surface area contributed by atoms with Gasteiger partial charge in [0.25, 0.3) is 0 Å². The second-order valence-corrected chi connectivity index (χ2v) is 6.37. The number of hydrogen-bond donors (Lipinski definition) is 0. The second kappa shape index (κ2) is 8.02. The van der Waals surface area contributed by atoms with Crippen molar-refractivity contribution < 1.29 is 19.0 Å². The molecule has 144 valence electrons. The first-order chi connectivity index (χ1) is 14.2. The van der Waals surface area contributed by atoms with E-state index in [0.717, 1.165) is 21.9 Å². The third-order valence-corrected chi connectivity index (χ3v) is 4.49. The van der Waals surface area contributed by atoms with E-state index in [2.05, 4.69) is 11.6 Å². The number of benzene rings is 3. The molecule has 0 radical (unpaired) electrons. The van der Waals surface area contributed by atoms with E-state index in [1.165, 1.54) is 0 Å². The number of carbonyl (C=O) groups is 1. The Labute approximate surface area is 168 Å². The number of methoxy groups -OCH3 is 1. The van der Waals surface area contributed by atoms with Gasteiger partial charge in [-0.1, -0.05) is 55.1 Å². The number of fused-ring (bicyclic) bond motifs is 1. The van der Waals surface area contributed by atoms with E-state index in [1.807, 2.05) is 48.5 Å². The number of ether oxygens (including phenoxy) is 3. The van der Waals surface area contributed by atoms with E-state index < -0.39 is 5.97 Å². The average Bonchev–Trinajstić information content (AvgIpc) is 3.12. The van der Waals surface area contributed by atoms with Crippen molar-refractivity contribution in [2.24, 2.45) is 4.99 Å². The van der Waals surface area contributed by atoms with Crippen LogP contribution in [-0.4, -0.2) is 25.6 Å². The number of rotatable bonds is 6. The largest absolute Gasteiger partial charge is 0.493 e.